The molecule has 0 saturated carbocycles. The molecular formula is C16H17ClINO2. The highest BCUT2D eigenvalue weighted by Gasteiger charge is 2.21. The van der Waals surface area contributed by atoms with Gasteiger partial charge < -0.3 is 9.47 Å². The van der Waals surface area contributed by atoms with Gasteiger partial charge in [-0.05, 0) is 66.0 Å². The van der Waals surface area contributed by atoms with Gasteiger partial charge in [0.1, 0.15) is 0 Å². The average Bonchev–Trinajstić information content (AvgIpc) is 2.51. The van der Waals surface area contributed by atoms with E-state index in [1.807, 2.05) is 12.1 Å². The van der Waals surface area contributed by atoms with Crippen molar-refractivity contribution in [3.63, 3.8) is 0 Å². The van der Waals surface area contributed by atoms with Crippen molar-refractivity contribution in [1.82, 2.24) is 4.98 Å². The van der Waals surface area contributed by atoms with E-state index in [-0.39, 0.29) is 0 Å². The fourth-order valence-electron chi connectivity index (χ4n) is 2.80. The molecule has 0 atom stereocenters. The van der Waals surface area contributed by atoms with Gasteiger partial charge >= 0.3 is 0 Å². The van der Waals surface area contributed by atoms with E-state index in [1.165, 1.54) is 0 Å². The number of fused-ring (bicyclic) bond motifs is 1. The van der Waals surface area contributed by atoms with Crippen LogP contribution < -0.4 is 4.74 Å². The second-order valence-electron chi connectivity index (χ2n) is 5.33. The fraction of sp³-hybridized carbons (Fsp3) is 0.438. The molecule has 1 aromatic carbocycles. The number of methoxy groups -OCH3 is 1. The highest BCUT2D eigenvalue weighted by molar-refractivity contribution is 14.1. The molecule has 112 valence electrons. The van der Waals surface area contributed by atoms with Crippen LogP contribution >= 0.6 is 34.2 Å². The van der Waals surface area contributed by atoms with Crippen molar-refractivity contribution in [2.45, 2.75) is 19.3 Å². The SMILES string of the molecule is COc1nc2ccc(I)cc2c(Cl)c1CC1CCOCC1. The molecule has 0 amide bonds. The third-order valence-corrected chi connectivity index (χ3v) is 5.07. The summed E-state index contributed by atoms with van der Waals surface area (Å²) in [6.45, 7) is 1.67. The minimum absolute atomic E-state index is 0.590. The lowest BCUT2D eigenvalue weighted by atomic mass is 9.92. The Morgan fingerprint density at radius 1 is 1.38 bits per heavy atom. The van der Waals surface area contributed by atoms with Crippen LogP contribution in [-0.2, 0) is 11.2 Å². The summed E-state index contributed by atoms with van der Waals surface area (Å²) < 4.78 is 12.1. The summed E-state index contributed by atoms with van der Waals surface area (Å²) in [7, 11) is 1.66. The van der Waals surface area contributed by atoms with Crippen LogP contribution in [0.25, 0.3) is 10.9 Å². The fourth-order valence-corrected chi connectivity index (χ4v) is 3.60. The first-order valence-electron chi connectivity index (χ1n) is 7.08. The van der Waals surface area contributed by atoms with Crippen LogP contribution in [0.4, 0.5) is 0 Å². The first kappa shape index (κ1) is 15.3. The van der Waals surface area contributed by atoms with Gasteiger partial charge in [0, 0.05) is 27.7 Å². The molecule has 0 N–H and O–H groups in total. The van der Waals surface area contributed by atoms with E-state index < -0.39 is 0 Å². The van der Waals surface area contributed by atoms with Crippen LogP contribution in [0.3, 0.4) is 0 Å². The van der Waals surface area contributed by atoms with Gasteiger partial charge in [-0.1, -0.05) is 11.6 Å². The van der Waals surface area contributed by atoms with Gasteiger partial charge in [-0.2, -0.15) is 0 Å². The highest BCUT2D eigenvalue weighted by atomic mass is 127. The molecule has 0 radical (unpaired) electrons. The van der Waals surface area contributed by atoms with E-state index >= 15 is 0 Å². The Kier molecular flexibility index (Phi) is 4.86. The maximum absolute atomic E-state index is 6.66. The number of rotatable bonds is 3. The number of halogens is 2. The second-order valence-corrected chi connectivity index (χ2v) is 6.96. The molecule has 2 heterocycles. The summed E-state index contributed by atoms with van der Waals surface area (Å²) in [5.41, 5.74) is 1.91. The molecule has 3 nitrogen and oxygen atoms in total. The van der Waals surface area contributed by atoms with E-state index in [0.717, 1.165) is 57.5 Å². The quantitative estimate of drug-likeness (QED) is 0.691. The van der Waals surface area contributed by atoms with Crippen molar-refractivity contribution < 1.29 is 9.47 Å². The van der Waals surface area contributed by atoms with Crippen LogP contribution in [0.5, 0.6) is 5.88 Å². The summed E-state index contributed by atoms with van der Waals surface area (Å²) in [4.78, 5) is 4.62. The smallest absolute Gasteiger partial charge is 0.218 e. The number of nitrogens with zero attached hydrogens (tertiary/aromatic N) is 1. The molecular weight excluding hydrogens is 401 g/mol. The van der Waals surface area contributed by atoms with Gasteiger partial charge in [0.15, 0.2) is 0 Å². The molecule has 1 aliphatic rings. The Labute approximate surface area is 143 Å². The zero-order valence-corrected chi connectivity index (χ0v) is 14.8. The standard InChI is InChI=1S/C16H17ClINO2/c1-20-16-13(8-10-4-6-21-7-5-10)15(17)12-9-11(18)2-3-14(12)19-16/h2-3,9-10H,4-8H2,1H3. The Bertz CT molecular complexity index is 656. The number of pyridine rings is 1. The normalized spacial score (nSPS) is 16.3. The predicted octanol–water partition coefficient (Wildman–Crippen LogP) is 4.47. The van der Waals surface area contributed by atoms with E-state index in [2.05, 4.69) is 33.6 Å². The first-order valence-corrected chi connectivity index (χ1v) is 8.54. The lowest BCUT2D eigenvalue weighted by Gasteiger charge is -2.23. The van der Waals surface area contributed by atoms with Crippen LogP contribution in [0.1, 0.15) is 18.4 Å². The largest absolute Gasteiger partial charge is 0.481 e. The van der Waals surface area contributed by atoms with Gasteiger partial charge in [0.25, 0.3) is 0 Å². The van der Waals surface area contributed by atoms with Crippen molar-refractivity contribution in [2.24, 2.45) is 5.92 Å². The summed E-state index contributed by atoms with van der Waals surface area (Å²) >= 11 is 8.96. The van der Waals surface area contributed by atoms with Crippen LogP contribution in [0.2, 0.25) is 5.02 Å². The molecule has 0 unspecified atom stereocenters. The zero-order valence-electron chi connectivity index (χ0n) is 11.9. The third-order valence-electron chi connectivity index (χ3n) is 3.97. The van der Waals surface area contributed by atoms with Gasteiger partial charge in [-0.25, -0.2) is 4.98 Å². The zero-order chi connectivity index (χ0) is 14.8. The van der Waals surface area contributed by atoms with Gasteiger partial charge in [-0.15, -0.1) is 0 Å². The summed E-state index contributed by atoms with van der Waals surface area (Å²) in [5.74, 6) is 1.24. The summed E-state index contributed by atoms with van der Waals surface area (Å²) in [6.07, 6.45) is 3.05. The molecule has 1 fully saturated rings. The van der Waals surface area contributed by atoms with Crippen LogP contribution in [-0.4, -0.2) is 25.3 Å². The minimum Gasteiger partial charge on any atom is -0.481 e. The van der Waals surface area contributed by atoms with Gasteiger partial charge in [0.05, 0.1) is 17.6 Å². The third kappa shape index (κ3) is 3.27. The summed E-state index contributed by atoms with van der Waals surface area (Å²) in [6, 6.07) is 6.10. The predicted molar refractivity (Wildman–Crippen MR) is 93.3 cm³/mol. The van der Waals surface area contributed by atoms with Crippen molar-refractivity contribution in [1.29, 1.82) is 0 Å². The number of aromatic nitrogens is 1. The molecule has 0 bridgehead atoms. The van der Waals surface area contributed by atoms with E-state index in [9.17, 15) is 0 Å². The minimum atomic E-state index is 0.590. The Morgan fingerprint density at radius 3 is 2.86 bits per heavy atom. The molecule has 0 spiro atoms. The lowest BCUT2D eigenvalue weighted by molar-refractivity contribution is 0.0663. The number of ether oxygens (including phenoxy) is 2. The Hall–Kier alpha value is -0.590. The molecule has 21 heavy (non-hydrogen) atoms. The number of hydrogen-bond acceptors (Lipinski definition) is 3. The average molecular weight is 418 g/mol. The molecule has 3 rings (SSSR count). The lowest BCUT2D eigenvalue weighted by Crippen LogP contribution is -2.18. The van der Waals surface area contributed by atoms with E-state index in [4.69, 9.17) is 21.1 Å². The molecule has 2 aromatic rings. The maximum atomic E-state index is 6.66. The summed E-state index contributed by atoms with van der Waals surface area (Å²) in [5, 5.41) is 1.79. The topological polar surface area (TPSA) is 31.4 Å². The van der Waals surface area contributed by atoms with Gasteiger partial charge in [-0.3, -0.25) is 0 Å². The molecule has 5 heteroatoms. The molecule has 0 aliphatic carbocycles. The van der Waals surface area contributed by atoms with Crippen molar-refractivity contribution >= 4 is 45.1 Å². The van der Waals surface area contributed by atoms with Crippen molar-refractivity contribution in [3.8, 4) is 5.88 Å². The van der Waals surface area contributed by atoms with Crippen LogP contribution in [0, 0.1) is 9.49 Å². The Morgan fingerprint density at radius 2 is 2.14 bits per heavy atom. The molecule has 1 saturated heterocycles. The highest BCUT2D eigenvalue weighted by Crippen LogP contribution is 2.36. The number of hydrogen-bond donors (Lipinski definition) is 0. The molecule has 1 aliphatic heterocycles. The van der Waals surface area contributed by atoms with Crippen molar-refractivity contribution in [3.05, 3.63) is 32.4 Å². The second kappa shape index (κ2) is 6.67. The monoisotopic (exact) mass is 417 g/mol. The van der Waals surface area contributed by atoms with E-state index in [0.29, 0.717) is 11.8 Å². The Balaban J connectivity index is 2.04. The maximum Gasteiger partial charge on any atom is 0.218 e. The molecule has 1 aromatic heterocycles. The van der Waals surface area contributed by atoms with Crippen molar-refractivity contribution in [2.75, 3.05) is 20.3 Å². The van der Waals surface area contributed by atoms with Gasteiger partial charge in [0.2, 0.25) is 5.88 Å². The van der Waals surface area contributed by atoms with Crippen LogP contribution in [0.15, 0.2) is 18.2 Å². The number of benzene rings is 1. The first-order chi connectivity index (χ1) is 10.2. The van der Waals surface area contributed by atoms with E-state index in [1.54, 1.807) is 7.11 Å².